The molecule has 3 rings (SSSR count). The first-order valence-corrected chi connectivity index (χ1v) is 7.91. The Labute approximate surface area is 124 Å². The zero-order chi connectivity index (χ0) is 15.0. The lowest BCUT2D eigenvalue weighted by Crippen LogP contribution is -2.48. The second-order valence-corrected chi connectivity index (χ2v) is 6.84. The average molecular weight is 293 g/mol. The van der Waals surface area contributed by atoms with Crippen molar-refractivity contribution in [2.24, 2.45) is 23.7 Å². The molecule has 0 aliphatic heterocycles. The van der Waals surface area contributed by atoms with Crippen molar-refractivity contribution >= 4 is 11.9 Å². The van der Waals surface area contributed by atoms with E-state index in [-0.39, 0.29) is 24.3 Å². The number of aliphatic hydroxyl groups is 1. The van der Waals surface area contributed by atoms with Gasteiger partial charge in [0.15, 0.2) is 0 Å². The lowest BCUT2D eigenvalue weighted by Gasteiger charge is -2.33. The Morgan fingerprint density at radius 1 is 1.10 bits per heavy atom. The number of carbonyl (C=O) groups excluding carboxylic acids is 1. The maximum atomic E-state index is 12.4. The quantitative estimate of drug-likeness (QED) is 0.682. The van der Waals surface area contributed by atoms with Crippen LogP contribution < -0.4 is 5.32 Å². The fraction of sp³-hybridized carbons (Fsp3) is 0.750. The van der Waals surface area contributed by atoms with Crippen molar-refractivity contribution < 1.29 is 19.8 Å². The molecule has 3 aliphatic carbocycles. The van der Waals surface area contributed by atoms with E-state index in [2.05, 4.69) is 5.32 Å². The van der Waals surface area contributed by atoms with Crippen molar-refractivity contribution in [1.82, 2.24) is 5.32 Å². The van der Waals surface area contributed by atoms with Crippen LogP contribution in [0.3, 0.4) is 0 Å². The van der Waals surface area contributed by atoms with Crippen molar-refractivity contribution in [2.45, 2.75) is 44.1 Å². The average Bonchev–Trinajstić information content (AvgIpc) is 3.06. The molecule has 0 radical (unpaired) electrons. The van der Waals surface area contributed by atoms with Crippen LogP contribution in [0, 0.1) is 23.7 Å². The van der Waals surface area contributed by atoms with Gasteiger partial charge in [-0.05, 0) is 31.1 Å². The van der Waals surface area contributed by atoms with Crippen LogP contribution in [0.5, 0.6) is 0 Å². The second-order valence-electron chi connectivity index (χ2n) is 6.84. The monoisotopic (exact) mass is 293 g/mol. The lowest BCUT2D eigenvalue weighted by molar-refractivity contribution is -0.148. The number of allylic oxidation sites excluding steroid dienone is 2. The highest BCUT2D eigenvalue weighted by molar-refractivity contribution is 5.86. The van der Waals surface area contributed by atoms with E-state index in [1.54, 1.807) is 0 Å². The van der Waals surface area contributed by atoms with Gasteiger partial charge >= 0.3 is 5.97 Å². The molecule has 4 atom stereocenters. The maximum absolute atomic E-state index is 12.4. The minimum Gasteiger partial charge on any atom is -0.481 e. The molecule has 0 aromatic rings. The van der Waals surface area contributed by atoms with Crippen molar-refractivity contribution in [1.29, 1.82) is 0 Å². The van der Waals surface area contributed by atoms with E-state index in [0.717, 1.165) is 25.7 Å². The number of amides is 1. The molecule has 3 N–H and O–H groups in total. The summed E-state index contributed by atoms with van der Waals surface area (Å²) >= 11 is 0. The molecular weight excluding hydrogens is 270 g/mol. The Bertz CT molecular complexity index is 467. The summed E-state index contributed by atoms with van der Waals surface area (Å²) in [5, 5.41) is 22.6. The van der Waals surface area contributed by atoms with E-state index in [9.17, 15) is 19.8 Å². The van der Waals surface area contributed by atoms with Crippen LogP contribution in [0.25, 0.3) is 0 Å². The van der Waals surface area contributed by atoms with Crippen LogP contribution in [0.15, 0.2) is 12.2 Å². The fourth-order valence-electron chi connectivity index (χ4n) is 4.27. The van der Waals surface area contributed by atoms with Gasteiger partial charge in [-0.3, -0.25) is 9.59 Å². The third-order valence-corrected chi connectivity index (χ3v) is 5.42. The number of hydrogen-bond acceptors (Lipinski definition) is 3. The second kappa shape index (κ2) is 5.44. The van der Waals surface area contributed by atoms with E-state index >= 15 is 0 Å². The number of carboxylic acids is 1. The summed E-state index contributed by atoms with van der Waals surface area (Å²) in [5.74, 6) is -2.16. The van der Waals surface area contributed by atoms with Gasteiger partial charge < -0.3 is 15.5 Å². The number of hydrogen-bond donors (Lipinski definition) is 3. The molecule has 2 bridgehead atoms. The van der Waals surface area contributed by atoms with Crippen LogP contribution >= 0.6 is 0 Å². The molecule has 2 saturated carbocycles. The van der Waals surface area contributed by atoms with E-state index in [4.69, 9.17) is 0 Å². The molecule has 3 aliphatic rings. The number of nitrogens with one attached hydrogen (secondary N) is 1. The van der Waals surface area contributed by atoms with E-state index in [1.165, 1.54) is 0 Å². The number of carbonyl (C=O) groups is 2. The summed E-state index contributed by atoms with van der Waals surface area (Å²) in [6, 6.07) is 0. The molecule has 116 valence electrons. The highest BCUT2D eigenvalue weighted by Crippen LogP contribution is 2.48. The van der Waals surface area contributed by atoms with E-state index in [0.29, 0.717) is 12.8 Å². The predicted octanol–water partition coefficient (Wildman–Crippen LogP) is 1.32. The third kappa shape index (κ3) is 2.71. The SMILES string of the molecule is O=C(O)[C@@H]1C2C=CC(C2)[C@@H]1C(=O)NCC1(O)CCCCC1. The fourth-order valence-corrected chi connectivity index (χ4v) is 4.27. The molecule has 5 nitrogen and oxygen atoms in total. The largest absolute Gasteiger partial charge is 0.481 e. The Hall–Kier alpha value is -1.36. The zero-order valence-corrected chi connectivity index (χ0v) is 12.1. The number of fused-ring (bicyclic) bond motifs is 2. The van der Waals surface area contributed by atoms with Gasteiger partial charge in [0.1, 0.15) is 0 Å². The van der Waals surface area contributed by atoms with E-state index < -0.39 is 23.4 Å². The van der Waals surface area contributed by atoms with Crippen LogP contribution in [0.1, 0.15) is 38.5 Å². The topological polar surface area (TPSA) is 86.6 Å². The summed E-state index contributed by atoms with van der Waals surface area (Å²) in [6.45, 7) is 0.246. The van der Waals surface area contributed by atoms with Crippen molar-refractivity contribution in [3.05, 3.63) is 12.2 Å². The highest BCUT2D eigenvalue weighted by atomic mass is 16.4. The summed E-state index contributed by atoms with van der Waals surface area (Å²) in [5.41, 5.74) is -0.805. The van der Waals surface area contributed by atoms with Crippen LogP contribution in [-0.2, 0) is 9.59 Å². The maximum Gasteiger partial charge on any atom is 0.307 e. The molecule has 0 aromatic carbocycles. The molecule has 0 aromatic heterocycles. The van der Waals surface area contributed by atoms with E-state index in [1.807, 2.05) is 12.2 Å². The van der Waals surface area contributed by atoms with Crippen LogP contribution in [0.2, 0.25) is 0 Å². The van der Waals surface area contributed by atoms with Gasteiger partial charge in [0, 0.05) is 6.54 Å². The molecular formula is C16H23NO4. The molecule has 0 heterocycles. The van der Waals surface area contributed by atoms with Gasteiger partial charge in [0.05, 0.1) is 17.4 Å². The molecule has 5 heteroatoms. The molecule has 0 spiro atoms. The van der Waals surface area contributed by atoms with Crippen molar-refractivity contribution in [3.63, 3.8) is 0 Å². The molecule has 0 saturated heterocycles. The van der Waals surface area contributed by atoms with Crippen LogP contribution in [-0.4, -0.2) is 34.2 Å². The normalized spacial score (nSPS) is 36.6. The van der Waals surface area contributed by atoms with Gasteiger partial charge in [0.25, 0.3) is 0 Å². The Balaban J connectivity index is 1.62. The predicted molar refractivity (Wildman–Crippen MR) is 76.4 cm³/mol. The zero-order valence-electron chi connectivity index (χ0n) is 12.1. The third-order valence-electron chi connectivity index (χ3n) is 5.42. The van der Waals surface area contributed by atoms with Crippen molar-refractivity contribution in [3.8, 4) is 0 Å². The first-order chi connectivity index (χ1) is 10.0. The minimum absolute atomic E-state index is 0.0129. The molecule has 2 unspecified atom stereocenters. The number of rotatable bonds is 4. The molecule has 2 fully saturated rings. The molecule has 1 amide bonds. The van der Waals surface area contributed by atoms with Gasteiger partial charge in [-0.2, -0.15) is 0 Å². The number of carboxylic acid groups (broad SMARTS) is 1. The number of aliphatic carboxylic acids is 1. The van der Waals surface area contributed by atoms with Crippen LogP contribution in [0.4, 0.5) is 0 Å². The molecule has 21 heavy (non-hydrogen) atoms. The summed E-state index contributed by atoms with van der Waals surface area (Å²) in [6.07, 6.45) is 9.21. The summed E-state index contributed by atoms with van der Waals surface area (Å²) < 4.78 is 0. The van der Waals surface area contributed by atoms with Gasteiger partial charge in [-0.15, -0.1) is 0 Å². The summed E-state index contributed by atoms with van der Waals surface area (Å²) in [7, 11) is 0. The Morgan fingerprint density at radius 2 is 1.71 bits per heavy atom. The van der Waals surface area contributed by atoms with Gasteiger partial charge in [0.2, 0.25) is 5.91 Å². The lowest BCUT2D eigenvalue weighted by atomic mass is 9.81. The van der Waals surface area contributed by atoms with Gasteiger partial charge in [-0.25, -0.2) is 0 Å². The van der Waals surface area contributed by atoms with Gasteiger partial charge in [-0.1, -0.05) is 31.4 Å². The Kier molecular flexibility index (Phi) is 3.78. The van der Waals surface area contributed by atoms with Crippen molar-refractivity contribution in [2.75, 3.05) is 6.54 Å². The minimum atomic E-state index is -0.886. The Morgan fingerprint density at radius 3 is 2.33 bits per heavy atom. The first kappa shape index (κ1) is 14.6. The first-order valence-electron chi connectivity index (χ1n) is 7.91. The highest BCUT2D eigenvalue weighted by Gasteiger charge is 2.51. The standard InChI is InChI=1S/C16H23NO4/c18-14(17-9-16(21)6-2-1-3-7-16)12-10-4-5-11(8-10)13(12)15(19)20/h4-5,10-13,21H,1-3,6-9H2,(H,17,18)(H,19,20)/t10?,11?,12-,13+/m0/s1. The summed E-state index contributed by atoms with van der Waals surface area (Å²) in [4.78, 5) is 23.8. The smallest absolute Gasteiger partial charge is 0.307 e.